The Morgan fingerprint density at radius 2 is 2.07 bits per heavy atom. The zero-order chi connectivity index (χ0) is 11.0. The molecule has 1 saturated carbocycles. The quantitative estimate of drug-likeness (QED) is 0.713. The molecular formula is C11H21N3O. The van der Waals surface area contributed by atoms with E-state index in [1.165, 1.54) is 0 Å². The van der Waals surface area contributed by atoms with E-state index in [1.54, 1.807) is 0 Å². The number of nitrogens with zero attached hydrogens (tertiary/aromatic N) is 1. The zero-order valence-corrected chi connectivity index (χ0v) is 9.57. The largest absolute Gasteiger partial charge is 0.338 e. The molecule has 2 aliphatic rings. The first-order chi connectivity index (χ1) is 7.13. The summed E-state index contributed by atoms with van der Waals surface area (Å²) >= 11 is 0. The molecule has 1 aliphatic carbocycles. The van der Waals surface area contributed by atoms with E-state index in [2.05, 4.69) is 19.2 Å². The van der Waals surface area contributed by atoms with Crippen molar-refractivity contribution in [3.05, 3.63) is 0 Å². The van der Waals surface area contributed by atoms with E-state index < -0.39 is 0 Å². The van der Waals surface area contributed by atoms with Crippen molar-refractivity contribution in [2.24, 2.45) is 29.4 Å². The lowest BCUT2D eigenvalue weighted by molar-refractivity contribution is 0.199. The number of likely N-dealkylation sites (tertiary alicyclic amines) is 1. The van der Waals surface area contributed by atoms with Gasteiger partial charge in [0.25, 0.3) is 0 Å². The minimum atomic E-state index is 0.103. The monoisotopic (exact) mass is 211 g/mol. The Morgan fingerprint density at radius 3 is 2.53 bits per heavy atom. The number of hydrogen-bond acceptors (Lipinski definition) is 2. The molecule has 0 radical (unpaired) electrons. The molecule has 86 valence electrons. The van der Waals surface area contributed by atoms with Gasteiger partial charge in [-0.05, 0) is 30.2 Å². The predicted molar refractivity (Wildman–Crippen MR) is 59.3 cm³/mol. The number of urea groups is 1. The second-order valence-electron chi connectivity index (χ2n) is 5.21. The maximum absolute atomic E-state index is 11.7. The molecule has 2 atom stereocenters. The standard InChI is InChI=1S/C11H21N3O/c1-7(2)4-13-11(15)14-5-9-8(3-12)10(9)6-14/h7-10H,3-6,12H2,1-2H3,(H,13,15). The van der Waals surface area contributed by atoms with Gasteiger partial charge in [0.05, 0.1) is 0 Å². The normalized spacial score (nSPS) is 33.1. The van der Waals surface area contributed by atoms with Gasteiger partial charge in [0, 0.05) is 19.6 Å². The van der Waals surface area contributed by atoms with Crippen molar-refractivity contribution in [3.63, 3.8) is 0 Å². The molecule has 0 aromatic carbocycles. The van der Waals surface area contributed by atoms with Gasteiger partial charge in [-0.1, -0.05) is 13.8 Å². The van der Waals surface area contributed by atoms with Crippen molar-refractivity contribution < 1.29 is 4.79 Å². The second kappa shape index (κ2) is 4.00. The van der Waals surface area contributed by atoms with Crippen LogP contribution in [0.1, 0.15) is 13.8 Å². The molecule has 3 N–H and O–H groups in total. The van der Waals surface area contributed by atoms with Crippen LogP contribution in [-0.2, 0) is 0 Å². The molecule has 15 heavy (non-hydrogen) atoms. The average Bonchev–Trinajstić information content (AvgIpc) is 2.66. The van der Waals surface area contributed by atoms with Crippen molar-refractivity contribution in [3.8, 4) is 0 Å². The molecule has 4 heteroatoms. The fourth-order valence-corrected chi connectivity index (χ4v) is 2.57. The molecule has 0 bridgehead atoms. The molecule has 0 spiro atoms. The van der Waals surface area contributed by atoms with Crippen LogP contribution in [0.15, 0.2) is 0 Å². The van der Waals surface area contributed by atoms with Crippen LogP contribution >= 0.6 is 0 Å². The summed E-state index contributed by atoms with van der Waals surface area (Å²) in [7, 11) is 0. The fraction of sp³-hybridized carbons (Fsp3) is 0.909. The van der Waals surface area contributed by atoms with Crippen LogP contribution in [0.3, 0.4) is 0 Å². The lowest BCUT2D eigenvalue weighted by Gasteiger charge is -2.20. The molecule has 2 fully saturated rings. The van der Waals surface area contributed by atoms with E-state index in [0.29, 0.717) is 23.7 Å². The van der Waals surface area contributed by atoms with Crippen LogP contribution in [0.4, 0.5) is 4.79 Å². The van der Waals surface area contributed by atoms with E-state index in [-0.39, 0.29) is 6.03 Å². The summed E-state index contributed by atoms with van der Waals surface area (Å²) in [5.74, 6) is 2.60. The van der Waals surface area contributed by atoms with Crippen LogP contribution in [0.2, 0.25) is 0 Å². The number of rotatable bonds is 3. The highest BCUT2D eigenvalue weighted by molar-refractivity contribution is 5.74. The maximum atomic E-state index is 11.7. The molecule has 4 nitrogen and oxygen atoms in total. The SMILES string of the molecule is CC(C)CNC(=O)N1CC2C(CN)C2C1. The summed E-state index contributed by atoms with van der Waals surface area (Å²) in [5, 5.41) is 2.95. The van der Waals surface area contributed by atoms with Gasteiger partial charge < -0.3 is 16.0 Å². The number of fused-ring (bicyclic) bond motifs is 1. The van der Waals surface area contributed by atoms with Gasteiger partial charge in [-0.2, -0.15) is 0 Å². The lowest BCUT2D eigenvalue weighted by atomic mass is 10.2. The van der Waals surface area contributed by atoms with Crippen molar-refractivity contribution in [1.29, 1.82) is 0 Å². The molecule has 1 aliphatic heterocycles. The molecule has 2 amide bonds. The van der Waals surface area contributed by atoms with Gasteiger partial charge in [0.2, 0.25) is 0 Å². The predicted octanol–water partition coefficient (Wildman–Crippen LogP) is 0.489. The number of carbonyl (C=O) groups excluding carboxylic acids is 1. The Kier molecular flexibility index (Phi) is 2.87. The van der Waals surface area contributed by atoms with Crippen LogP contribution < -0.4 is 11.1 Å². The van der Waals surface area contributed by atoms with Crippen LogP contribution in [0, 0.1) is 23.7 Å². The highest BCUT2D eigenvalue weighted by atomic mass is 16.2. The Morgan fingerprint density at radius 1 is 1.47 bits per heavy atom. The third-order valence-electron chi connectivity index (χ3n) is 3.59. The van der Waals surface area contributed by atoms with Gasteiger partial charge in [0.1, 0.15) is 0 Å². The number of amides is 2. The smallest absolute Gasteiger partial charge is 0.317 e. The Labute approximate surface area is 91.2 Å². The average molecular weight is 211 g/mol. The summed E-state index contributed by atoms with van der Waals surface area (Å²) in [6.45, 7) is 7.59. The van der Waals surface area contributed by atoms with Crippen molar-refractivity contribution in [1.82, 2.24) is 10.2 Å². The van der Waals surface area contributed by atoms with Gasteiger partial charge >= 0.3 is 6.03 Å². The third kappa shape index (κ3) is 2.09. The summed E-state index contributed by atoms with van der Waals surface area (Å²) in [4.78, 5) is 13.6. The molecular weight excluding hydrogens is 190 g/mol. The number of carbonyl (C=O) groups is 1. The van der Waals surface area contributed by atoms with Crippen molar-refractivity contribution >= 4 is 6.03 Å². The first-order valence-electron chi connectivity index (χ1n) is 5.86. The van der Waals surface area contributed by atoms with Crippen molar-refractivity contribution in [2.75, 3.05) is 26.2 Å². The van der Waals surface area contributed by atoms with Gasteiger partial charge in [-0.15, -0.1) is 0 Å². The first kappa shape index (κ1) is 10.7. The highest BCUT2D eigenvalue weighted by Crippen LogP contribution is 2.50. The Bertz CT molecular complexity index is 242. The van der Waals surface area contributed by atoms with Gasteiger partial charge in [-0.25, -0.2) is 4.79 Å². The van der Waals surface area contributed by atoms with E-state index in [0.717, 1.165) is 26.2 Å². The van der Waals surface area contributed by atoms with Crippen LogP contribution in [-0.4, -0.2) is 37.1 Å². The summed E-state index contributed by atoms with van der Waals surface area (Å²) in [6, 6.07) is 0.103. The minimum absolute atomic E-state index is 0.103. The van der Waals surface area contributed by atoms with E-state index in [4.69, 9.17) is 5.73 Å². The van der Waals surface area contributed by atoms with Gasteiger partial charge in [-0.3, -0.25) is 0 Å². The Balaban J connectivity index is 1.72. The lowest BCUT2D eigenvalue weighted by Crippen LogP contribution is -2.41. The molecule has 2 unspecified atom stereocenters. The van der Waals surface area contributed by atoms with E-state index >= 15 is 0 Å². The molecule has 2 rings (SSSR count). The van der Waals surface area contributed by atoms with Crippen LogP contribution in [0.5, 0.6) is 0 Å². The van der Waals surface area contributed by atoms with Crippen molar-refractivity contribution in [2.45, 2.75) is 13.8 Å². The summed E-state index contributed by atoms with van der Waals surface area (Å²) in [6.07, 6.45) is 0. The molecule has 0 aromatic rings. The van der Waals surface area contributed by atoms with Crippen LogP contribution in [0.25, 0.3) is 0 Å². The van der Waals surface area contributed by atoms with E-state index in [1.807, 2.05) is 4.90 Å². The molecule has 1 heterocycles. The van der Waals surface area contributed by atoms with E-state index in [9.17, 15) is 4.79 Å². The maximum Gasteiger partial charge on any atom is 0.317 e. The fourth-order valence-electron chi connectivity index (χ4n) is 2.57. The number of hydrogen-bond donors (Lipinski definition) is 2. The first-order valence-corrected chi connectivity index (χ1v) is 5.86. The number of nitrogens with one attached hydrogen (secondary N) is 1. The summed E-state index contributed by atoms with van der Waals surface area (Å²) in [5.41, 5.74) is 5.62. The zero-order valence-electron chi connectivity index (χ0n) is 9.57. The highest BCUT2D eigenvalue weighted by Gasteiger charge is 2.55. The number of nitrogens with two attached hydrogens (primary N) is 1. The molecule has 1 saturated heterocycles. The second-order valence-corrected chi connectivity index (χ2v) is 5.21. The van der Waals surface area contributed by atoms with Gasteiger partial charge in [0.15, 0.2) is 0 Å². The third-order valence-corrected chi connectivity index (χ3v) is 3.59. The number of piperidine rings is 1. The Hall–Kier alpha value is -0.770. The summed E-state index contributed by atoms with van der Waals surface area (Å²) < 4.78 is 0. The molecule has 0 aromatic heterocycles. The minimum Gasteiger partial charge on any atom is -0.338 e. The topological polar surface area (TPSA) is 58.4 Å².